The van der Waals surface area contributed by atoms with E-state index in [2.05, 4.69) is 31.9 Å². The van der Waals surface area contributed by atoms with Crippen LogP contribution in [0.1, 0.15) is 60.8 Å². The number of carboxylic acid groups (broad SMARTS) is 2. The molecule has 0 radical (unpaired) electrons. The summed E-state index contributed by atoms with van der Waals surface area (Å²) in [4.78, 5) is 100. The van der Waals surface area contributed by atoms with Crippen LogP contribution in [0.5, 0.6) is 0 Å². The molecule has 20 heteroatoms. The lowest BCUT2D eigenvalue weighted by atomic mass is 9.96. The average Bonchev–Trinajstić information content (AvgIpc) is 3.01. The molecule has 0 heterocycles. The minimum absolute atomic E-state index is 0.0216. The van der Waals surface area contributed by atoms with Gasteiger partial charge in [-0.05, 0) is 32.1 Å². The number of aliphatic hydroxyl groups excluding tert-OH is 3. The molecule has 20 nitrogen and oxygen atoms in total. The van der Waals surface area contributed by atoms with E-state index in [1.54, 1.807) is 27.7 Å². The van der Waals surface area contributed by atoms with Crippen LogP contribution in [0.15, 0.2) is 0 Å². The third kappa shape index (κ3) is 15.6. The first-order valence-electron chi connectivity index (χ1n) is 15.6. The van der Waals surface area contributed by atoms with Crippen LogP contribution in [-0.2, 0) is 38.4 Å². The van der Waals surface area contributed by atoms with Gasteiger partial charge in [-0.2, -0.15) is 0 Å². The zero-order valence-electron chi connectivity index (χ0n) is 28.4. The molecule has 0 aromatic heterocycles. The number of nitrogens with one attached hydrogen (secondary N) is 6. The maximum atomic E-state index is 13.4. The molecule has 0 saturated heterocycles. The highest BCUT2D eigenvalue weighted by Crippen LogP contribution is 2.12. The number of carbonyl (C=O) groups is 8. The van der Waals surface area contributed by atoms with Gasteiger partial charge < -0.3 is 63.2 Å². The van der Waals surface area contributed by atoms with E-state index in [-0.39, 0.29) is 12.3 Å². The second-order valence-electron chi connectivity index (χ2n) is 12.0. The van der Waals surface area contributed by atoms with Crippen molar-refractivity contribution in [3.8, 4) is 0 Å². The average molecular weight is 706 g/mol. The van der Waals surface area contributed by atoms with Crippen molar-refractivity contribution in [3.63, 3.8) is 0 Å². The largest absolute Gasteiger partial charge is 0.481 e. The topological polar surface area (TPSA) is 336 Å². The number of aliphatic hydroxyl groups is 3. The summed E-state index contributed by atoms with van der Waals surface area (Å²) in [5, 5.41) is 60.5. The Labute approximate surface area is 283 Å². The van der Waals surface area contributed by atoms with Gasteiger partial charge in [0, 0.05) is 0 Å². The minimum Gasteiger partial charge on any atom is -0.481 e. The van der Waals surface area contributed by atoms with Crippen LogP contribution in [0.25, 0.3) is 0 Å². The number of carboxylic acids is 2. The smallest absolute Gasteiger partial charge is 0.328 e. The molecular formula is C29H51N7O13. The van der Waals surface area contributed by atoms with Crippen LogP contribution >= 0.6 is 0 Å². The molecule has 0 saturated carbocycles. The molecule has 0 unspecified atom stereocenters. The standard InChI is InChI=1S/C29H51N7O13/c1-7-13(4)22(28(47)35-19(11-38)29(48)49)36-25(44)16(8-12(2)3)32-24(43)17(9-20(40)41)33-26(45)18(10-37)34-23(42)14(5)31-27(46)21(30)15(6)39/h12-19,21-22,37-39H,7-11,30H2,1-6H3,(H,31,46)(H,32,43)(H,33,45)(H,34,42)(H,35,47)(H,36,44)(H,40,41)(H,48,49)/t13-,14-,15+,16-,17-,18-,19-,21-,22-/m0/s1. The first-order valence-corrected chi connectivity index (χ1v) is 15.6. The molecule has 0 aromatic carbocycles. The number of aliphatic carboxylic acids is 2. The summed E-state index contributed by atoms with van der Waals surface area (Å²) in [6.07, 6.45) is -1.89. The van der Waals surface area contributed by atoms with Crippen LogP contribution in [0, 0.1) is 11.8 Å². The van der Waals surface area contributed by atoms with Crippen molar-refractivity contribution in [1.29, 1.82) is 0 Å². The maximum Gasteiger partial charge on any atom is 0.328 e. The van der Waals surface area contributed by atoms with E-state index in [4.69, 9.17) is 5.73 Å². The van der Waals surface area contributed by atoms with Gasteiger partial charge in [0.25, 0.3) is 0 Å². The number of carbonyl (C=O) groups excluding carboxylic acids is 6. The molecule has 0 aromatic rings. The van der Waals surface area contributed by atoms with Crippen molar-refractivity contribution in [1.82, 2.24) is 31.9 Å². The van der Waals surface area contributed by atoms with Crippen molar-refractivity contribution in [2.75, 3.05) is 13.2 Å². The third-order valence-corrected chi connectivity index (χ3v) is 7.33. The molecule has 0 bridgehead atoms. The Morgan fingerprint density at radius 3 is 1.53 bits per heavy atom. The molecule has 0 aliphatic carbocycles. The number of nitrogens with two attached hydrogens (primary N) is 1. The molecule has 0 aliphatic heterocycles. The number of hydrogen-bond donors (Lipinski definition) is 12. The summed E-state index contributed by atoms with van der Waals surface area (Å²) in [6.45, 7) is 7.26. The molecular weight excluding hydrogens is 654 g/mol. The van der Waals surface area contributed by atoms with Crippen molar-refractivity contribution in [2.24, 2.45) is 17.6 Å². The molecule has 6 amide bonds. The van der Waals surface area contributed by atoms with Gasteiger partial charge in [-0.3, -0.25) is 33.6 Å². The van der Waals surface area contributed by atoms with Gasteiger partial charge in [0.15, 0.2) is 0 Å². The quantitative estimate of drug-likeness (QED) is 0.0503. The number of amides is 6. The summed E-state index contributed by atoms with van der Waals surface area (Å²) < 4.78 is 0. The fraction of sp³-hybridized carbons (Fsp3) is 0.724. The lowest BCUT2D eigenvalue weighted by Gasteiger charge is -2.29. The molecule has 280 valence electrons. The molecule has 0 aliphatic rings. The third-order valence-electron chi connectivity index (χ3n) is 7.33. The highest BCUT2D eigenvalue weighted by molar-refractivity contribution is 5.98. The van der Waals surface area contributed by atoms with Gasteiger partial charge in [0.1, 0.15) is 42.3 Å². The van der Waals surface area contributed by atoms with E-state index in [0.29, 0.717) is 6.42 Å². The van der Waals surface area contributed by atoms with E-state index < -0.39 is 121 Å². The first-order chi connectivity index (χ1) is 22.7. The fourth-order valence-corrected chi connectivity index (χ4v) is 4.12. The number of rotatable bonds is 22. The molecule has 13 N–H and O–H groups in total. The molecule has 9 atom stereocenters. The Hall–Kier alpha value is -4.40. The van der Waals surface area contributed by atoms with Crippen LogP contribution in [0.2, 0.25) is 0 Å². The second-order valence-corrected chi connectivity index (χ2v) is 12.0. The normalized spacial score (nSPS) is 16.6. The Morgan fingerprint density at radius 1 is 0.612 bits per heavy atom. The minimum atomic E-state index is -1.82. The van der Waals surface area contributed by atoms with Crippen LogP contribution in [0.3, 0.4) is 0 Å². The summed E-state index contributed by atoms with van der Waals surface area (Å²) >= 11 is 0. The molecule has 0 fully saturated rings. The van der Waals surface area contributed by atoms with Crippen molar-refractivity contribution in [2.45, 2.75) is 109 Å². The predicted octanol–water partition coefficient (Wildman–Crippen LogP) is -4.74. The van der Waals surface area contributed by atoms with Crippen LogP contribution < -0.4 is 37.6 Å². The van der Waals surface area contributed by atoms with Gasteiger partial charge in [-0.25, -0.2) is 4.79 Å². The fourth-order valence-electron chi connectivity index (χ4n) is 4.12. The zero-order chi connectivity index (χ0) is 38.2. The van der Waals surface area contributed by atoms with E-state index in [1.165, 1.54) is 13.8 Å². The summed E-state index contributed by atoms with van der Waals surface area (Å²) in [6, 6.07) is -10.5. The van der Waals surface area contributed by atoms with Gasteiger partial charge in [-0.15, -0.1) is 0 Å². The first kappa shape index (κ1) is 44.6. The van der Waals surface area contributed by atoms with E-state index in [1.807, 2.05) is 0 Å². The van der Waals surface area contributed by atoms with E-state index in [0.717, 1.165) is 0 Å². The maximum absolute atomic E-state index is 13.4. The molecule has 0 spiro atoms. The summed E-state index contributed by atoms with van der Waals surface area (Å²) in [5.74, 6) is -9.80. The monoisotopic (exact) mass is 705 g/mol. The van der Waals surface area contributed by atoms with Crippen LogP contribution in [0.4, 0.5) is 0 Å². The zero-order valence-corrected chi connectivity index (χ0v) is 28.4. The molecule has 49 heavy (non-hydrogen) atoms. The Bertz CT molecular complexity index is 1180. The van der Waals surface area contributed by atoms with Gasteiger partial charge in [-0.1, -0.05) is 34.1 Å². The summed E-state index contributed by atoms with van der Waals surface area (Å²) in [5.41, 5.74) is 5.52. The Kier molecular flexibility index (Phi) is 19.6. The van der Waals surface area contributed by atoms with Crippen LogP contribution in [-0.4, -0.2) is 135 Å². The van der Waals surface area contributed by atoms with Gasteiger partial charge in [0.2, 0.25) is 35.4 Å². The van der Waals surface area contributed by atoms with E-state index >= 15 is 0 Å². The van der Waals surface area contributed by atoms with Crippen molar-refractivity contribution >= 4 is 47.4 Å². The SMILES string of the molecule is CC[C@H](C)[C@H](NC(=O)[C@H](CC(C)C)NC(=O)[C@H](CC(=O)O)NC(=O)[C@H](CO)NC(=O)[C@H](C)NC(=O)[C@@H](N)[C@@H](C)O)C(=O)N[C@@H](CO)C(=O)O. The highest BCUT2D eigenvalue weighted by atomic mass is 16.4. The van der Waals surface area contributed by atoms with Crippen molar-refractivity contribution in [3.05, 3.63) is 0 Å². The summed E-state index contributed by atoms with van der Waals surface area (Å²) in [7, 11) is 0. The highest BCUT2D eigenvalue weighted by Gasteiger charge is 2.35. The Morgan fingerprint density at radius 2 is 1.08 bits per heavy atom. The lowest BCUT2D eigenvalue weighted by Crippen LogP contribution is -2.61. The molecule has 0 rings (SSSR count). The Balaban J connectivity index is 5.96. The van der Waals surface area contributed by atoms with E-state index in [9.17, 15) is 63.9 Å². The van der Waals surface area contributed by atoms with Gasteiger partial charge >= 0.3 is 11.9 Å². The van der Waals surface area contributed by atoms with Crippen molar-refractivity contribution < 1.29 is 63.9 Å². The second kappa shape index (κ2) is 21.5. The lowest BCUT2D eigenvalue weighted by molar-refractivity contribution is -0.143. The van der Waals surface area contributed by atoms with Gasteiger partial charge in [0.05, 0.1) is 25.7 Å². The predicted molar refractivity (Wildman–Crippen MR) is 170 cm³/mol. The number of hydrogen-bond acceptors (Lipinski definition) is 12.